The van der Waals surface area contributed by atoms with Gasteiger partial charge in [-0.25, -0.2) is 14.8 Å². The molecule has 2 fully saturated rings. The number of nitrogens with one attached hydrogen (secondary N) is 1. The number of aromatic nitrogens is 2. The monoisotopic (exact) mass is 472 g/mol. The average molecular weight is 472 g/mol. The van der Waals surface area contributed by atoms with E-state index < -0.39 is 12.1 Å². The molecule has 2 aliphatic rings. The Morgan fingerprint density at radius 2 is 2.00 bits per heavy atom. The van der Waals surface area contributed by atoms with Gasteiger partial charge in [0.2, 0.25) is 11.9 Å². The van der Waals surface area contributed by atoms with Crippen LogP contribution in [0.1, 0.15) is 17.7 Å². The van der Waals surface area contributed by atoms with Crippen LogP contribution in [0.15, 0.2) is 36.0 Å². The SMILES string of the molecule is O=C(C[C@H]1OC[C@H]2CN(c3ncccn3)CC[C@H]21)NCc1cccs1.O=C(O)C(F)(F)F. The van der Waals surface area contributed by atoms with Crippen molar-refractivity contribution < 1.29 is 32.6 Å². The lowest BCUT2D eigenvalue weighted by Gasteiger charge is -2.35. The maximum absolute atomic E-state index is 12.2. The van der Waals surface area contributed by atoms with Crippen LogP contribution in [-0.2, 0) is 20.9 Å². The van der Waals surface area contributed by atoms with Crippen LogP contribution in [0.5, 0.6) is 0 Å². The zero-order chi connectivity index (χ0) is 23.1. The second-order valence-corrected chi connectivity index (χ2v) is 8.47. The summed E-state index contributed by atoms with van der Waals surface area (Å²) in [5.74, 6) is -0.987. The van der Waals surface area contributed by atoms with Crippen molar-refractivity contribution in [3.05, 3.63) is 40.8 Å². The number of thiophene rings is 1. The van der Waals surface area contributed by atoms with Crippen molar-refractivity contribution in [3.8, 4) is 0 Å². The van der Waals surface area contributed by atoms with Crippen molar-refractivity contribution in [1.29, 1.82) is 0 Å². The topological polar surface area (TPSA) is 105 Å². The second-order valence-electron chi connectivity index (χ2n) is 7.44. The number of ether oxygens (including phenoxy) is 1. The Hall–Kier alpha value is -2.73. The second kappa shape index (κ2) is 10.7. The molecule has 2 saturated heterocycles. The number of carbonyl (C=O) groups is 2. The fourth-order valence-electron chi connectivity index (χ4n) is 3.79. The van der Waals surface area contributed by atoms with E-state index in [-0.39, 0.29) is 12.0 Å². The summed E-state index contributed by atoms with van der Waals surface area (Å²) in [6.45, 7) is 3.15. The van der Waals surface area contributed by atoms with E-state index in [2.05, 4.69) is 20.2 Å². The van der Waals surface area contributed by atoms with Crippen LogP contribution >= 0.6 is 11.3 Å². The highest BCUT2D eigenvalue weighted by Gasteiger charge is 2.42. The highest BCUT2D eigenvalue weighted by molar-refractivity contribution is 7.09. The molecule has 0 aliphatic carbocycles. The van der Waals surface area contributed by atoms with Gasteiger partial charge >= 0.3 is 12.1 Å². The molecule has 174 valence electrons. The standard InChI is InChI=1S/C18H22N4O2S.C2HF3O2/c23-17(21-10-14-3-1-8-25-14)9-16-15-4-7-22(11-13(15)12-24-16)18-19-5-2-6-20-18;3-2(4,5)1(6)7/h1-3,5-6,8,13,15-16H,4,7,9-12H2,(H,21,23);(H,6,7)/t13-,15-,16-;/m1./s1. The van der Waals surface area contributed by atoms with E-state index in [1.165, 1.54) is 4.88 Å². The quantitative estimate of drug-likeness (QED) is 0.690. The van der Waals surface area contributed by atoms with Gasteiger partial charge in [-0.05, 0) is 29.9 Å². The summed E-state index contributed by atoms with van der Waals surface area (Å²) in [6, 6.07) is 5.87. The third-order valence-electron chi connectivity index (χ3n) is 5.30. The number of rotatable bonds is 5. The molecule has 2 aromatic rings. The molecule has 4 rings (SSSR count). The molecule has 2 aliphatic heterocycles. The largest absolute Gasteiger partial charge is 0.490 e. The number of piperidine rings is 1. The predicted octanol–water partition coefficient (Wildman–Crippen LogP) is 2.72. The maximum Gasteiger partial charge on any atom is 0.490 e. The number of hydrogen-bond acceptors (Lipinski definition) is 7. The highest BCUT2D eigenvalue weighted by atomic mass is 32.1. The molecule has 2 aromatic heterocycles. The van der Waals surface area contributed by atoms with Crippen LogP contribution in [0.25, 0.3) is 0 Å². The first kappa shape index (κ1) is 23.9. The summed E-state index contributed by atoms with van der Waals surface area (Å²) in [5, 5.41) is 12.2. The van der Waals surface area contributed by atoms with E-state index in [0.29, 0.717) is 24.8 Å². The van der Waals surface area contributed by atoms with Crippen molar-refractivity contribution in [1.82, 2.24) is 15.3 Å². The summed E-state index contributed by atoms with van der Waals surface area (Å²) < 4.78 is 37.7. The number of carboxylic acids is 1. The van der Waals surface area contributed by atoms with E-state index >= 15 is 0 Å². The van der Waals surface area contributed by atoms with Crippen LogP contribution in [0.4, 0.5) is 19.1 Å². The van der Waals surface area contributed by atoms with Crippen LogP contribution in [0.3, 0.4) is 0 Å². The summed E-state index contributed by atoms with van der Waals surface area (Å²) in [7, 11) is 0. The lowest BCUT2D eigenvalue weighted by molar-refractivity contribution is -0.192. The first-order valence-corrected chi connectivity index (χ1v) is 10.8. The molecule has 0 unspecified atom stereocenters. The van der Waals surface area contributed by atoms with Gasteiger partial charge in [0.15, 0.2) is 0 Å². The molecule has 1 amide bonds. The van der Waals surface area contributed by atoms with Gasteiger partial charge in [0.25, 0.3) is 0 Å². The zero-order valence-corrected chi connectivity index (χ0v) is 17.8. The van der Waals surface area contributed by atoms with Gasteiger partial charge in [-0.3, -0.25) is 4.79 Å². The molecule has 0 bridgehead atoms. The Balaban J connectivity index is 0.000000360. The molecule has 32 heavy (non-hydrogen) atoms. The number of hydrogen-bond donors (Lipinski definition) is 2. The number of fused-ring (bicyclic) bond motifs is 1. The lowest BCUT2D eigenvalue weighted by Crippen LogP contribution is -2.43. The van der Waals surface area contributed by atoms with Crippen LogP contribution < -0.4 is 10.2 Å². The van der Waals surface area contributed by atoms with Gasteiger partial charge in [-0.15, -0.1) is 11.3 Å². The molecule has 12 heteroatoms. The lowest BCUT2D eigenvalue weighted by atomic mass is 9.83. The van der Waals surface area contributed by atoms with Crippen molar-refractivity contribution in [2.45, 2.75) is 31.7 Å². The predicted molar refractivity (Wildman–Crippen MR) is 110 cm³/mol. The number of alkyl halides is 3. The minimum atomic E-state index is -5.08. The van der Waals surface area contributed by atoms with Gasteiger partial charge in [0.1, 0.15) is 0 Å². The Morgan fingerprint density at radius 3 is 2.62 bits per heavy atom. The Morgan fingerprint density at radius 1 is 1.28 bits per heavy atom. The summed E-state index contributed by atoms with van der Waals surface area (Å²) in [5.41, 5.74) is 0. The third-order valence-corrected chi connectivity index (χ3v) is 6.18. The minimum absolute atomic E-state index is 0.0344. The van der Waals surface area contributed by atoms with Crippen molar-refractivity contribution in [2.24, 2.45) is 11.8 Å². The first-order valence-electron chi connectivity index (χ1n) is 9.97. The number of carbonyl (C=O) groups excluding carboxylic acids is 1. The minimum Gasteiger partial charge on any atom is -0.475 e. The fraction of sp³-hybridized carbons (Fsp3) is 0.500. The Labute approximate surface area is 186 Å². The molecule has 0 spiro atoms. The van der Waals surface area contributed by atoms with Crippen molar-refractivity contribution >= 4 is 29.2 Å². The third kappa shape index (κ3) is 6.63. The van der Waals surface area contributed by atoms with Crippen LogP contribution in [0, 0.1) is 11.8 Å². The maximum atomic E-state index is 12.2. The highest BCUT2D eigenvalue weighted by Crippen LogP contribution is 2.36. The molecule has 8 nitrogen and oxygen atoms in total. The van der Waals surface area contributed by atoms with E-state index in [1.54, 1.807) is 23.7 Å². The van der Waals surface area contributed by atoms with Crippen molar-refractivity contribution in [3.63, 3.8) is 0 Å². The molecule has 4 heterocycles. The fourth-order valence-corrected chi connectivity index (χ4v) is 4.43. The van der Waals surface area contributed by atoms with E-state index in [9.17, 15) is 18.0 Å². The molecular weight excluding hydrogens is 449 g/mol. The van der Waals surface area contributed by atoms with Gasteiger partial charge in [0, 0.05) is 36.3 Å². The average Bonchev–Trinajstić information content (AvgIpc) is 3.42. The van der Waals surface area contributed by atoms with Crippen molar-refractivity contribution in [2.75, 3.05) is 24.6 Å². The molecule has 2 N–H and O–H groups in total. The summed E-state index contributed by atoms with van der Waals surface area (Å²) >= 11 is 1.66. The molecule has 3 atom stereocenters. The smallest absolute Gasteiger partial charge is 0.475 e. The number of halogens is 3. The molecule has 0 saturated carbocycles. The molecule has 0 aromatic carbocycles. The van der Waals surface area contributed by atoms with E-state index in [4.69, 9.17) is 14.6 Å². The number of nitrogens with zero attached hydrogens (tertiary/aromatic N) is 3. The molecular formula is C20H23F3N4O4S. The van der Waals surface area contributed by atoms with Gasteiger partial charge in [-0.1, -0.05) is 6.07 Å². The number of aliphatic carboxylic acids is 1. The molecule has 0 radical (unpaired) electrons. The van der Waals surface area contributed by atoms with Crippen LogP contribution in [-0.4, -0.2) is 58.9 Å². The Bertz CT molecular complexity index is 883. The van der Waals surface area contributed by atoms with Crippen LogP contribution in [0.2, 0.25) is 0 Å². The number of anilines is 1. The zero-order valence-electron chi connectivity index (χ0n) is 17.0. The van der Waals surface area contributed by atoms with Gasteiger partial charge < -0.3 is 20.1 Å². The normalized spacial score (nSPS) is 22.5. The van der Waals surface area contributed by atoms with Gasteiger partial charge in [-0.2, -0.15) is 13.2 Å². The summed E-state index contributed by atoms with van der Waals surface area (Å²) in [6.07, 6.45) is -0.0204. The van der Waals surface area contributed by atoms with E-state index in [1.807, 2.05) is 23.6 Å². The number of carboxylic acid groups (broad SMARTS) is 1. The first-order chi connectivity index (χ1) is 15.2. The van der Waals surface area contributed by atoms with Gasteiger partial charge in [0.05, 0.1) is 25.7 Å². The Kier molecular flexibility index (Phi) is 8.02. The summed E-state index contributed by atoms with van der Waals surface area (Å²) in [4.78, 5) is 33.2. The number of amides is 1. The van der Waals surface area contributed by atoms with E-state index in [0.717, 1.165) is 32.1 Å².